The molecule has 3 heterocycles. The average molecular weight is 282 g/mol. The van der Waals surface area contributed by atoms with Crippen LogP contribution >= 0.6 is 22.7 Å². The first-order valence-corrected chi connectivity index (χ1v) is 7.70. The minimum absolute atomic E-state index is 0.268. The van der Waals surface area contributed by atoms with Crippen LogP contribution in [0.5, 0.6) is 0 Å². The molecular weight excluding hydrogens is 268 g/mol. The van der Waals surface area contributed by atoms with E-state index in [9.17, 15) is 4.79 Å². The van der Waals surface area contributed by atoms with E-state index in [0.717, 1.165) is 27.8 Å². The third kappa shape index (κ3) is 1.99. The van der Waals surface area contributed by atoms with Crippen molar-refractivity contribution in [2.45, 2.75) is 19.3 Å². The van der Waals surface area contributed by atoms with E-state index >= 15 is 0 Å². The summed E-state index contributed by atoms with van der Waals surface area (Å²) in [5.74, 6) is -0.268. The molecule has 1 aliphatic rings. The Balaban J connectivity index is 1.95. The first-order chi connectivity index (χ1) is 8.79. The number of ether oxygens (including phenoxy) is 1. The molecule has 0 atom stereocenters. The van der Waals surface area contributed by atoms with Gasteiger partial charge >= 0.3 is 5.97 Å². The van der Waals surface area contributed by atoms with E-state index < -0.39 is 0 Å². The highest BCUT2D eigenvalue weighted by atomic mass is 32.1. The number of carbonyl (C=O) groups excluding carboxylic acids is 1. The summed E-state index contributed by atoms with van der Waals surface area (Å²) in [6.45, 7) is 2.16. The van der Waals surface area contributed by atoms with Gasteiger partial charge < -0.3 is 9.64 Å². The zero-order valence-corrected chi connectivity index (χ0v) is 11.8. The van der Waals surface area contributed by atoms with Crippen molar-refractivity contribution >= 4 is 43.3 Å². The largest absolute Gasteiger partial charge is 0.465 e. The maximum Gasteiger partial charge on any atom is 0.340 e. The molecule has 1 aliphatic heterocycles. The van der Waals surface area contributed by atoms with Gasteiger partial charge in [-0.1, -0.05) is 11.3 Å². The van der Waals surface area contributed by atoms with Crippen molar-refractivity contribution in [1.29, 1.82) is 0 Å². The number of thiazole rings is 1. The smallest absolute Gasteiger partial charge is 0.340 e. The number of anilines is 1. The molecule has 2 aromatic rings. The number of thiophene rings is 1. The maximum absolute atomic E-state index is 11.6. The summed E-state index contributed by atoms with van der Waals surface area (Å²) >= 11 is 3.12. The Morgan fingerprint density at radius 1 is 1.39 bits per heavy atom. The van der Waals surface area contributed by atoms with Gasteiger partial charge in [0.25, 0.3) is 0 Å². The second-order valence-corrected chi connectivity index (χ2v) is 6.16. The molecular formula is C12H14N2O2S2. The standard InChI is InChI=1S/C12H14N2O2S2/c1-16-11(15)8-7-17-10-9(8)18-12(13-10)14-5-3-2-4-6-14/h7H,2-6H2,1H3. The molecule has 1 fully saturated rings. The van der Waals surface area contributed by atoms with Gasteiger partial charge in [0.05, 0.1) is 17.4 Å². The first-order valence-electron chi connectivity index (χ1n) is 6.01. The van der Waals surface area contributed by atoms with Crippen molar-refractivity contribution in [2.24, 2.45) is 0 Å². The van der Waals surface area contributed by atoms with E-state index in [4.69, 9.17) is 4.74 Å². The van der Waals surface area contributed by atoms with Crippen LogP contribution in [0.2, 0.25) is 0 Å². The van der Waals surface area contributed by atoms with Crippen LogP contribution < -0.4 is 4.90 Å². The Hall–Kier alpha value is -1.14. The number of carbonyl (C=O) groups is 1. The molecule has 2 aromatic heterocycles. The second kappa shape index (κ2) is 4.85. The monoisotopic (exact) mass is 282 g/mol. The van der Waals surface area contributed by atoms with E-state index in [-0.39, 0.29) is 5.97 Å². The van der Waals surface area contributed by atoms with E-state index in [0.29, 0.717) is 5.56 Å². The van der Waals surface area contributed by atoms with Gasteiger partial charge in [-0.3, -0.25) is 0 Å². The lowest BCUT2D eigenvalue weighted by molar-refractivity contribution is 0.0603. The van der Waals surface area contributed by atoms with Crippen molar-refractivity contribution < 1.29 is 9.53 Å². The molecule has 0 aliphatic carbocycles. The highest BCUT2D eigenvalue weighted by Crippen LogP contribution is 2.36. The van der Waals surface area contributed by atoms with Gasteiger partial charge in [0.15, 0.2) is 5.13 Å². The zero-order valence-electron chi connectivity index (χ0n) is 10.1. The third-order valence-corrected chi connectivity index (χ3v) is 5.30. The van der Waals surface area contributed by atoms with E-state index in [2.05, 4.69) is 9.88 Å². The zero-order chi connectivity index (χ0) is 12.5. The van der Waals surface area contributed by atoms with Gasteiger partial charge in [-0.2, -0.15) is 0 Å². The number of hydrogen-bond donors (Lipinski definition) is 0. The number of aromatic nitrogens is 1. The maximum atomic E-state index is 11.6. The van der Waals surface area contributed by atoms with Crippen LogP contribution in [0, 0.1) is 0 Å². The Morgan fingerprint density at radius 2 is 2.17 bits per heavy atom. The van der Waals surface area contributed by atoms with Gasteiger partial charge in [0.2, 0.25) is 0 Å². The quantitative estimate of drug-likeness (QED) is 0.794. The number of hydrogen-bond acceptors (Lipinski definition) is 6. The average Bonchev–Trinajstić information content (AvgIpc) is 2.98. The highest BCUT2D eigenvalue weighted by Gasteiger charge is 2.20. The lowest BCUT2D eigenvalue weighted by Crippen LogP contribution is -2.29. The highest BCUT2D eigenvalue weighted by molar-refractivity contribution is 7.28. The summed E-state index contributed by atoms with van der Waals surface area (Å²) in [7, 11) is 1.42. The molecule has 0 N–H and O–H groups in total. The minimum Gasteiger partial charge on any atom is -0.465 e. The van der Waals surface area contributed by atoms with Gasteiger partial charge in [0, 0.05) is 18.5 Å². The van der Waals surface area contributed by atoms with Gasteiger partial charge in [-0.25, -0.2) is 9.78 Å². The Labute approximate surface area is 113 Å². The van der Waals surface area contributed by atoms with Gasteiger partial charge in [-0.05, 0) is 19.3 Å². The van der Waals surface area contributed by atoms with Crippen molar-refractivity contribution in [1.82, 2.24) is 4.98 Å². The molecule has 96 valence electrons. The Kier molecular flexibility index (Phi) is 3.22. The Bertz CT molecular complexity index is 570. The van der Waals surface area contributed by atoms with Crippen molar-refractivity contribution in [3.63, 3.8) is 0 Å². The summed E-state index contributed by atoms with van der Waals surface area (Å²) in [5, 5.41) is 2.88. The molecule has 6 heteroatoms. The van der Waals surface area contributed by atoms with Crippen molar-refractivity contribution in [3.8, 4) is 0 Å². The third-order valence-electron chi connectivity index (χ3n) is 3.15. The van der Waals surface area contributed by atoms with Crippen LogP contribution in [0.1, 0.15) is 29.6 Å². The first kappa shape index (κ1) is 11.9. The van der Waals surface area contributed by atoms with Crippen molar-refractivity contribution in [2.75, 3.05) is 25.1 Å². The molecule has 0 unspecified atom stereocenters. The summed E-state index contributed by atoms with van der Waals surface area (Å²) in [6.07, 6.45) is 3.78. The number of rotatable bonds is 2. The molecule has 18 heavy (non-hydrogen) atoms. The lowest BCUT2D eigenvalue weighted by Gasteiger charge is -2.25. The number of methoxy groups -OCH3 is 1. The summed E-state index contributed by atoms with van der Waals surface area (Å²) < 4.78 is 5.76. The predicted molar refractivity (Wildman–Crippen MR) is 74.9 cm³/mol. The summed E-state index contributed by atoms with van der Waals surface area (Å²) in [5.41, 5.74) is 0.651. The Morgan fingerprint density at radius 3 is 2.89 bits per heavy atom. The fourth-order valence-electron chi connectivity index (χ4n) is 2.18. The SMILES string of the molecule is COC(=O)c1csc2nc(N3CCCCC3)sc12. The van der Waals surface area contributed by atoms with Gasteiger partial charge in [-0.15, -0.1) is 11.3 Å². The molecule has 0 radical (unpaired) electrons. The van der Waals surface area contributed by atoms with Crippen LogP contribution in [-0.4, -0.2) is 31.2 Å². The molecule has 4 nitrogen and oxygen atoms in total. The molecule has 0 spiro atoms. The summed E-state index contributed by atoms with van der Waals surface area (Å²) in [6, 6.07) is 0. The molecule has 0 amide bonds. The van der Waals surface area contributed by atoms with Crippen LogP contribution in [0.4, 0.5) is 5.13 Å². The van der Waals surface area contributed by atoms with Crippen LogP contribution in [-0.2, 0) is 4.74 Å². The normalized spacial score (nSPS) is 16.2. The summed E-state index contributed by atoms with van der Waals surface area (Å²) in [4.78, 5) is 19.5. The number of esters is 1. The fourth-order valence-corrected chi connectivity index (χ4v) is 4.40. The predicted octanol–water partition coefficient (Wildman–Crippen LogP) is 3.13. The van der Waals surface area contributed by atoms with Gasteiger partial charge in [0.1, 0.15) is 4.83 Å². The number of piperidine rings is 1. The molecule has 3 rings (SSSR count). The molecule has 0 bridgehead atoms. The van der Waals surface area contributed by atoms with Crippen LogP contribution in [0.15, 0.2) is 5.38 Å². The second-order valence-electron chi connectivity index (χ2n) is 4.32. The minimum atomic E-state index is -0.268. The topological polar surface area (TPSA) is 42.4 Å². The van der Waals surface area contributed by atoms with Crippen LogP contribution in [0.25, 0.3) is 9.53 Å². The van der Waals surface area contributed by atoms with E-state index in [1.165, 1.54) is 37.7 Å². The molecule has 1 saturated heterocycles. The van der Waals surface area contributed by atoms with Crippen LogP contribution in [0.3, 0.4) is 0 Å². The molecule has 0 aromatic carbocycles. The van der Waals surface area contributed by atoms with E-state index in [1.807, 2.05) is 5.38 Å². The van der Waals surface area contributed by atoms with E-state index in [1.54, 1.807) is 11.3 Å². The fraction of sp³-hybridized carbons (Fsp3) is 0.500. The number of fused-ring (bicyclic) bond motifs is 1. The molecule has 0 saturated carbocycles. The number of nitrogens with zero attached hydrogens (tertiary/aromatic N) is 2. The van der Waals surface area contributed by atoms with Crippen molar-refractivity contribution in [3.05, 3.63) is 10.9 Å². The lowest BCUT2D eigenvalue weighted by atomic mass is 10.1.